The normalized spacial score (nSPS) is 54.9. The molecule has 0 aromatic heterocycles. The Kier molecular flexibility index (Phi) is 1.39. The summed E-state index contributed by atoms with van der Waals surface area (Å²) >= 11 is 0. The smallest absolute Gasteiger partial charge is 0.126 e. The van der Waals surface area contributed by atoms with Crippen molar-refractivity contribution >= 4 is 6.29 Å². The van der Waals surface area contributed by atoms with E-state index < -0.39 is 0 Å². The Morgan fingerprint density at radius 3 is 2.55 bits per heavy atom. The predicted molar refractivity (Wildman–Crippen MR) is 44.2 cm³/mol. The first-order chi connectivity index (χ1) is 5.15. The first kappa shape index (κ1) is 7.33. The van der Waals surface area contributed by atoms with E-state index in [2.05, 4.69) is 13.8 Å². The third-order valence-corrected chi connectivity index (χ3v) is 3.95. The van der Waals surface area contributed by atoms with E-state index in [9.17, 15) is 4.79 Å². The van der Waals surface area contributed by atoms with Gasteiger partial charge in [-0.05, 0) is 37.0 Å². The molecule has 0 radical (unpaired) electrons. The van der Waals surface area contributed by atoms with Crippen molar-refractivity contribution in [2.45, 2.75) is 33.1 Å². The topological polar surface area (TPSA) is 17.1 Å². The van der Waals surface area contributed by atoms with Gasteiger partial charge in [0, 0.05) is 5.41 Å². The van der Waals surface area contributed by atoms with Gasteiger partial charge in [-0.15, -0.1) is 0 Å². The van der Waals surface area contributed by atoms with Gasteiger partial charge in [-0.2, -0.15) is 0 Å². The minimum absolute atomic E-state index is 0.0528. The predicted octanol–water partition coefficient (Wildman–Crippen LogP) is 2.26. The van der Waals surface area contributed by atoms with Crippen LogP contribution in [0.25, 0.3) is 0 Å². The van der Waals surface area contributed by atoms with Crippen LogP contribution < -0.4 is 0 Å². The van der Waals surface area contributed by atoms with Crippen LogP contribution in [0, 0.1) is 23.2 Å². The summed E-state index contributed by atoms with van der Waals surface area (Å²) in [6, 6.07) is 0. The summed E-state index contributed by atoms with van der Waals surface area (Å²) in [5, 5.41) is 0. The number of hydrogen-bond acceptors (Lipinski definition) is 1. The number of carbonyl (C=O) groups excluding carboxylic acids is 1. The monoisotopic (exact) mass is 152 g/mol. The summed E-state index contributed by atoms with van der Waals surface area (Å²) in [5.74, 6) is 2.45. The molecule has 2 rings (SSSR count). The van der Waals surface area contributed by atoms with Gasteiger partial charge in [0.2, 0.25) is 0 Å². The molecule has 2 saturated carbocycles. The van der Waals surface area contributed by atoms with Crippen LogP contribution in [0.2, 0.25) is 0 Å². The van der Waals surface area contributed by atoms with Gasteiger partial charge in [0.25, 0.3) is 0 Å². The molecule has 2 fully saturated rings. The molecule has 2 aliphatic rings. The molecule has 0 spiro atoms. The molecule has 4 atom stereocenters. The molecule has 4 unspecified atom stereocenters. The largest absolute Gasteiger partial charge is 0.303 e. The Hall–Kier alpha value is -0.330. The van der Waals surface area contributed by atoms with Crippen LogP contribution in [0.1, 0.15) is 33.1 Å². The van der Waals surface area contributed by atoms with E-state index in [1.807, 2.05) is 0 Å². The lowest BCUT2D eigenvalue weighted by atomic mass is 9.73. The lowest BCUT2D eigenvalue weighted by Crippen LogP contribution is -2.28. The maximum Gasteiger partial charge on any atom is 0.126 e. The molecular weight excluding hydrogens is 136 g/mol. The quantitative estimate of drug-likeness (QED) is 0.527. The minimum atomic E-state index is 0.0528. The Bertz CT molecular complexity index is 185. The van der Waals surface area contributed by atoms with Crippen molar-refractivity contribution in [1.82, 2.24) is 0 Å². The van der Waals surface area contributed by atoms with E-state index in [1.165, 1.54) is 19.1 Å². The van der Waals surface area contributed by atoms with Gasteiger partial charge in [0.15, 0.2) is 0 Å². The Labute approximate surface area is 68.2 Å². The second kappa shape index (κ2) is 2.09. The van der Waals surface area contributed by atoms with Gasteiger partial charge in [-0.1, -0.05) is 13.8 Å². The first-order valence-electron chi connectivity index (χ1n) is 4.62. The average molecular weight is 152 g/mol. The van der Waals surface area contributed by atoms with Crippen molar-refractivity contribution in [3.8, 4) is 0 Å². The molecule has 62 valence electrons. The van der Waals surface area contributed by atoms with Crippen LogP contribution in [0.4, 0.5) is 0 Å². The fourth-order valence-electron chi connectivity index (χ4n) is 3.03. The van der Waals surface area contributed by atoms with Crippen molar-refractivity contribution in [2.24, 2.45) is 23.2 Å². The molecule has 11 heavy (non-hydrogen) atoms. The van der Waals surface area contributed by atoms with Gasteiger partial charge in [-0.25, -0.2) is 0 Å². The summed E-state index contributed by atoms with van der Waals surface area (Å²) < 4.78 is 0. The van der Waals surface area contributed by atoms with Crippen molar-refractivity contribution in [3.63, 3.8) is 0 Å². The van der Waals surface area contributed by atoms with Crippen molar-refractivity contribution in [2.75, 3.05) is 0 Å². The molecule has 2 aliphatic carbocycles. The fourth-order valence-corrected chi connectivity index (χ4v) is 3.03. The maximum absolute atomic E-state index is 10.8. The number of hydrogen-bond donors (Lipinski definition) is 0. The Morgan fingerprint density at radius 2 is 2.18 bits per heavy atom. The van der Waals surface area contributed by atoms with Gasteiger partial charge >= 0.3 is 0 Å². The van der Waals surface area contributed by atoms with Crippen LogP contribution >= 0.6 is 0 Å². The summed E-state index contributed by atoms with van der Waals surface area (Å²) in [7, 11) is 0. The highest BCUT2D eigenvalue weighted by Crippen LogP contribution is 2.57. The molecule has 1 heteroatoms. The number of fused-ring (bicyclic) bond motifs is 2. The van der Waals surface area contributed by atoms with Crippen LogP contribution in [0.5, 0.6) is 0 Å². The fraction of sp³-hybridized carbons (Fsp3) is 0.900. The minimum Gasteiger partial charge on any atom is -0.303 e. The first-order valence-corrected chi connectivity index (χ1v) is 4.62. The Morgan fingerprint density at radius 1 is 1.45 bits per heavy atom. The molecule has 0 aromatic rings. The van der Waals surface area contributed by atoms with Crippen LogP contribution in [0.3, 0.4) is 0 Å². The maximum atomic E-state index is 10.8. The van der Waals surface area contributed by atoms with E-state index in [1.54, 1.807) is 0 Å². The van der Waals surface area contributed by atoms with Crippen molar-refractivity contribution in [1.29, 1.82) is 0 Å². The van der Waals surface area contributed by atoms with E-state index in [0.29, 0.717) is 5.92 Å². The lowest BCUT2D eigenvalue weighted by Gasteiger charge is -2.30. The second-order valence-electron chi connectivity index (χ2n) is 4.73. The Balaban J connectivity index is 2.19. The summed E-state index contributed by atoms with van der Waals surface area (Å²) in [4.78, 5) is 10.8. The zero-order valence-corrected chi connectivity index (χ0v) is 7.34. The van der Waals surface area contributed by atoms with Crippen LogP contribution in [0.15, 0.2) is 0 Å². The standard InChI is InChI=1S/C10H16O/c1-7-3-9-4-8(7)5-10(9,2)6-11/h6-9H,3-5H2,1-2H3. The summed E-state index contributed by atoms with van der Waals surface area (Å²) in [6.07, 6.45) is 4.96. The summed E-state index contributed by atoms with van der Waals surface area (Å²) in [5.41, 5.74) is 0.0528. The molecule has 0 aromatic carbocycles. The van der Waals surface area contributed by atoms with E-state index >= 15 is 0 Å². The molecule has 0 amide bonds. The van der Waals surface area contributed by atoms with E-state index in [4.69, 9.17) is 0 Å². The summed E-state index contributed by atoms with van der Waals surface area (Å²) in [6.45, 7) is 4.46. The second-order valence-corrected chi connectivity index (χ2v) is 4.73. The highest BCUT2D eigenvalue weighted by Gasteiger charge is 2.50. The third kappa shape index (κ3) is 0.863. The molecule has 2 bridgehead atoms. The molecular formula is C10H16O. The zero-order chi connectivity index (χ0) is 8.06. The molecule has 0 aliphatic heterocycles. The SMILES string of the molecule is CC1CC2CC1CC2(C)C=O. The highest BCUT2D eigenvalue weighted by atomic mass is 16.1. The molecule has 0 saturated heterocycles. The van der Waals surface area contributed by atoms with Gasteiger partial charge in [0.1, 0.15) is 6.29 Å². The molecule has 0 N–H and O–H groups in total. The van der Waals surface area contributed by atoms with E-state index in [0.717, 1.165) is 18.3 Å². The van der Waals surface area contributed by atoms with Crippen LogP contribution in [-0.4, -0.2) is 6.29 Å². The molecule has 0 heterocycles. The van der Waals surface area contributed by atoms with E-state index in [-0.39, 0.29) is 5.41 Å². The lowest BCUT2D eigenvalue weighted by molar-refractivity contribution is -0.118. The highest BCUT2D eigenvalue weighted by molar-refractivity contribution is 5.60. The zero-order valence-electron chi connectivity index (χ0n) is 7.34. The van der Waals surface area contributed by atoms with Gasteiger partial charge in [0.05, 0.1) is 0 Å². The van der Waals surface area contributed by atoms with Crippen molar-refractivity contribution < 1.29 is 4.79 Å². The van der Waals surface area contributed by atoms with Crippen LogP contribution in [-0.2, 0) is 4.79 Å². The van der Waals surface area contributed by atoms with Crippen molar-refractivity contribution in [3.05, 3.63) is 0 Å². The number of aldehydes is 1. The average Bonchev–Trinajstić information content (AvgIpc) is 2.45. The number of rotatable bonds is 1. The van der Waals surface area contributed by atoms with Gasteiger partial charge in [-0.3, -0.25) is 0 Å². The third-order valence-electron chi connectivity index (χ3n) is 3.95. The van der Waals surface area contributed by atoms with Gasteiger partial charge < -0.3 is 4.79 Å². The number of carbonyl (C=O) groups is 1. The molecule has 1 nitrogen and oxygen atoms in total.